The maximum Gasteiger partial charge on any atom is 0.417 e. The van der Waals surface area contributed by atoms with Crippen molar-refractivity contribution >= 4 is 0 Å². The van der Waals surface area contributed by atoms with Gasteiger partial charge in [-0.25, -0.2) is 0 Å². The third kappa shape index (κ3) is 3.50. The molecule has 0 saturated heterocycles. The molecule has 10 heavy (non-hydrogen) atoms. The second-order valence-electron chi connectivity index (χ2n) is 2.23. The molecule has 0 radical (unpaired) electrons. The van der Waals surface area contributed by atoms with Crippen molar-refractivity contribution in [3.05, 3.63) is 11.6 Å². The molecular formula is C6H9F3O. The van der Waals surface area contributed by atoms with Crippen LogP contribution in [-0.4, -0.2) is 17.4 Å². The molecule has 1 nitrogen and oxygen atoms in total. The zero-order chi connectivity index (χ0) is 8.36. The summed E-state index contributed by atoms with van der Waals surface area (Å²) in [6, 6.07) is 0. The van der Waals surface area contributed by atoms with Crippen LogP contribution in [0, 0.1) is 0 Å². The van der Waals surface area contributed by atoms with Gasteiger partial charge in [0.15, 0.2) is 6.10 Å². The Morgan fingerprint density at radius 3 is 1.90 bits per heavy atom. The monoisotopic (exact) mass is 154 g/mol. The number of hydrogen-bond donors (Lipinski definition) is 1. The highest BCUT2D eigenvalue weighted by atomic mass is 19.4. The van der Waals surface area contributed by atoms with E-state index in [0.29, 0.717) is 5.57 Å². The fourth-order valence-electron chi connectivity index (χ4n) is 0.410. The van der Waals surface area contributed by atoms with Gasteiger partial charge in [-0.2, -0.15) is 13.2 Å². The average molecular weight is 154 g/mol. The summed E-state index contributed by atoms with van der Waals surface area (Å²) in [5, 5.41) is 8.35. The summed E-state index contributed by atoms with van der Waals surface area (Å²) >= 11 is 0. The van der Waals surface area contributed by atoms with Crippen molar-refractivity contribution in [3.63, 3.8) is 0 Å². The summed E-state index contributed by atoms with van der Waals surface area (Å²) in [6.07, 6.45) is -6.09. The highest BCUT2D eigenvalue weighted by molar-refractivity contribution is 5.00. The molecule has 0 aromatic carbocycles. The summed E-state index contributed by atoms with van der Waals surface area (Å²) in [7, 11) is 0. The molecule has 0 aliphatic carbocycles. The Morgan fingerprint density at radius 2 is 1.80 bits per heavy atom. The van der Waals surface area contributed by atoms with E-state index in [-0.39, 0.29) is 0 Å². The first-order valence-electron chi connectivity index (χ1n) is 2.74. The number of hydrogen-bond acceptors (Lipinski definition) is 1. The molecule has 0 spiro atoms. The van der Waals surface area contributed by atoms with Crippen LogP contribution in [-0.2, 0) is 0 Å². The van der Waals surface area contributed by atoms with Crippen LogP contribution in [0.25, 0.3) is 0 Å². The van der Waals surface area contributed by atoms with Crippen molar-refractivity contribution in [2.75, 3.05) is 0 Å². The Balaban J connectivity index is 4.11. The smallest absolute Gasteiger partial charge is 0.380 e. The quantitative estimate of drug-likeness (QED) is 0.571. The molecule has 0 aliphatic heterocycles. The normalized spacial score (nSPS) is 14.6. The minimum Gasteiger partial charge on any atom is -0.380 e. The fourth-order valence-corrected chi connectivity index (χ4v) is 0.410. The van der Waals surface area contributed by atoms with E-state index in [2.05, 4.69) is 0 Å². The van der Waals surface area contributed by atoms with Crippen LogP contribution < -0.4 is 0 Å². The lowest BCUT2D eigenvalue weighted by Gasteiger charge is -2.09. The first-order valence-corrected chi connectivity index (χ1v) is 2.74. The molecule has 4 heteroatoms. The summed E-state index contributed by atoms with van der Waals surface area (Å²) in [4.78, 5) is 0. The second-order valence-corrected chi connectivity index (χ2v) is 2.23. The second kappa shape index (κ2) is 3.05. The minimum absolute atomic E-state index is 0.449. The lowest BCUT2D eigenvalue weighted by atomic mass is 10.2. The van der Waals surface area contributed by atoms with E-state index >= 15 is 0 Å². The van der Waals surface area contributed by atoms with Crippen LogP contribution in [0.15, 0.2) is 11.6 Å². The lowest BCUT2D eigenvalue weighted by Crippen LogP contribution is -2.26. The highest BCUT2D eigenvalue weighted by Gasteiger charge is 2.36. The zero-order valence-corrected chi connectivity index (χ0v) is 5.74. The van der Waals surface area contributed by atoms with Crippen molar-refractivity contribution in [1.29, 1.82) is 0 Å². The fraction of sp³-hybridized carbons (Fsp3) is 0.667. The third-order valence-corrected chi connectivity index (χ3v) is 0.827. The number of rotatable bonds is 1. The molecule has 0 aliphatic rings. The van der Waals surface area contributed by atoms with Crippen LogP contribution in [0.4, 0.5) is 13.2 Å². The molecule has 0 aromatic heterocycles. The molecule has 0 bridgehead atoms. The minimum atomic E-state index is -4.53. The van der Waals surface area contributed by atoms with Crippen LogP contribution in [0.3, 0.4) is 0 Å². The molecule has 0 saturated carbocycles. The van der Waals surface area contributed by atoms with E-state index in [1.54, 1.807) is 0 Å². The first-order chi connectivity index (χ1) is 4.34. The van der Waals surface area contributed by atoms with Gasteiger partial charge in [0, 0.05) is 0 Å². The molecule has 0 aromatic rings. The number of alkyl halides is 3. The van der Waals surface area contributed by atoms with Crippen LogP contribution in [0.5, 0.6) is 0 Å². The van der Waals surface area contributed by atoms with Gasteiger partial charge in [0.05, 0.1) is 0 Å². The molecule has 0 fully saturated rings. The maximum absolute atomic E-state index is 11.5. The maximum atomic E-state index is 11.5. The molecule has 0 amide bonds. The summed E-state index contributed by atoms with van der Waals surface area (Å²) in [5.74, 6) is 0. The van der Waals surface area contributed by atoms with E-state index in [0.717, 1.165) is 6.08 Å². The Bertz CT molecular complexity index is 132. The van der Waals surface area contributed by atoms with Gasteiger partial charge in [-0.3, -0.25) is 0 Å². The largest absolute Gasteiger partial charge is 0.417 e. The summed E-state index contributed by atoms with van der Waals surface area (Å²) in [5.41, 5.74) is 0.449. The Hall–Kier alpha value is -0.510. The van der Waals surface area contributed by atoms with Gasteiger partial charge in [-0.15, -0.1) is 0 Å². The molecule has 0 heterocycles. The van der Waals surface area contributed by atoms with Gasteiger partial charge >= 0.3 is 6.18 Å². The molecular weight excluding hydrogens is 145 g/mol. The van der Waals surface area contributed by atoms with Gasteiger partial charge < -0.3 is 5.11 Å². The van der Waals surface area contributed by atoms with E-state index in [9.17, 15) is 13.2 Å². The number of aliphatic hydroxyl groups excluding tert-OH is 1. The number of halogens is 3. The Kier molecular flexibility index (Phi) is 2.90. The number of aliphatic hydroxyl groups is 1. The van der Waals surface area contributed by atoms with E-state index in [1.807, 2.05) is 0 Å². The third-order valence-electron chi connectivity index (χ3n) is 0.827. The van der Waals surface area contributed by atoms with Crippen molar-refractivity contribution < 1.29 is 18.3 Å². The Morgan fingerprint density at radius 1 is 1.40 bits per heavy atom. The van der Waals surface area contributed by atoms with Gasteiger partial charge in [0.25, 0.3) is 0 Å². The first kappa shape index (κ1) is 9.49. The highest BCUT2D eigenvalue weighted by Crippen LogP contribution is 2.21. The molecule has 1 atom stereocenters. The molecule has 60 valence electrons. The molecule has 1 unspecified atom stereocenters. The predicted octanol–water partition coefficient (Wildman–Crippen LogP) is 1.88. The average Bonchev–Trinajstić information content (AvgIpc) is 1.60. The van der Waals surface area contributed by atoms with E-state index in [1.165, 1.54) is 13.8 Å². The standard InChI is InChI=1S/C6H9F3O/c1-4(2)3-5(10)6(7,8)9/h3,5,10H,1-2H3. The van der Waals surface area contributed by atoms with Gasteiger partial charge in [0.1, 0.15) is 0 Å². The molecule has 0 rings (SSSR count). The topological polar surface area (TPSA) is 20.2 Å². The van der Waals surface area contributed by atoms with E-state index < -0.39 is 12.3 Å². The van der Waals surface area contributed by atoms with Crippen LogP contribution in [0.2, 0.25) is 0 Å². The van der Waals surface area contributed by atoms with Crippen LogP contribution in [0.1, 0.15) is 13.8 Å². The zero-order valence-electron chi connectivity index (χ0n) is 5.74. The van der Waals surface area contributed by atoms with Gasteiger partial charge in [-0.1, -0.05) is 5.57 Å². The van der Waals surface area contributed by atoms with Crippen molar-refractivity contribution in [2.24, 2.45) is 0 Å². The SMILES string of the molecule is CC(C)=CC(O)C(F)(F)F. The van der Waals surface area contributed by atoms with Crippen molar-refractivity contribution in [3.8, 4) is 0 Å². The van der Waals surface area contributed by atoms with Crippen molar-refractivity contribution in [2.45, 2.75) is 26.1 Å². The summed E-state index contributed by atoms with van der Waals surface area (Å²) < 4.78 is 34.5. The van der Waals surface area contributed by atoms with Crippen molar-refractivity contribution in [1.82, 2.24) is 0 Å². The number of allylic oxidation sites excluding steroid dienone is 1. The van der Waals surface area contributed by atoms with Gasteiger partial charge in [-0.05, 0) is 19.9 Å². The predicted molar refractivity (Wildman–Crippen MR) is 31.5 cm³/mol. The van der Waals surface area contributed by atoms with Gasteiger partial charge in [0.2, 0.25) is 0 Å². The Labute approximate surface area is 57.2 Å². The van der Waals surface area contributed by atoms with Crippen LogP contribution >= 0.6 is 0 Å². The molecule has 1 N–H and O–H groups in total. The van der Waals surface area contributed by atoms with E-state index in [4.69, 9.17) is 5.11 Å². The summed E-state index contributed by atoms with van der Waals surface area (Å²) in [6.45, 7) is 2.99. The lowest BCUT2D eigenvalue weighted by molar-refractivity contribution is -0.187.